The summed E-state index contributed by atoms with van der Waals surface area (Å²) < 4.78 is 0. The monoisotopic (exact) mass is 735 g/mol. The van der Waals surface area contributed by atoms with Crippen LogP contribution < -0.4 is 10.6 Å². The molecule has 0 N–H and O–H groups in total. The first-order valence-corrected chi connectivity index (χ1v) is 21.5. The van der Waals surface area contributed by atoms with Crippen LogP contribution in [-0.2, 0) is 45.3 Å². The predicted octanol–water partition coefficient (Wildman–Crippen LogP) is 13.9. The van der Waals surface area contributed by atoms with Gasteiger partial charge >= 0.3 is 0 Å². The largest absolute Gasteiger partial charge is 0.120 e. The summed E-state index contributed by atoms with van der Waals surface area (Å²) in [6, 6.07) is 10.1. The molecule has 282 valence electrons. The van der Waals surface area contributed by atoms with Crippen molar-refractivity contribution in [3.8, 4) is 24.7 Å². The SMILES string of the molecule is C#CCCCc1c(CCCC#C)c(=Pc2c(C(C)(C)C)cc(C(C)(C)C)cc2C(C)(C)C)c1=Pc1c(C(C)(C)C)cc(C(C)(C)C)cc1C(C)(C)C. The first-order chi connectivity index (χ1) is 23.5. The molecule has 0 aromatic heterocycles. The van der Waals surface area contributed by atoms with E-state index in [4.69, 9.17) is 12.8 Å². The molecule has 3 aromatic carbocycles. The van der Waals surface area contributed by atoms with E-state index < -0.39 is 0 Å². The fraction of sp³-hybridized carbons (Fsp3) is 0.600. The molecular formula is C50H72P2. The van der Waals surface area contributed by atoms with Gasteiger partial charge in [0, 0.05) is 33.3 Å². The zero-order valence-corrected chi connectivity index (χ0v) is 38.4. The average Bonchev–Trinajstić information content (AvgIpc) is 2.96. The van der Waals surface area contributed by atoms with Crippen LogP contribution in [0.15, 0.2) is 24.3 Å². The van der Waals surface area contributed by atoms with Crippen LogP contribution in [0, 0.1) is 34.6 Å². The van der Waals surface area contributed by atoms with Crippen molar-refractivity contribution in [2.24, 2.45) is 0 Å². The van der Waals surface area contributed by atoms with Crippen molar-refractivity contribution in [2.75, 3.05) is 0 Å². The second-order valence-electron chi connectivity index (χ2n) is 21.3. The number of terminal acetylenes is 2. The highest BCUT2D eigenvalue weighted by molar-refractivity contribution is 7.42. The molecule has 0 bridgehead atoms. The van der Waals surface area contributed by atoms with Crippen molar-refractivity contribution < 1.29 is 0 Å². The molecule has 0 unspecified atom stereocenters. The third-order valence-electron chi connectivity index (χ3n) is 10.3. The van der Waals surface area contributed by atoms with Gasteiger partial charge in [0.25, 0.3) is 0 Å². The Hall–Kier alpha value is -2.36. The molecule has 2 heteroatoms. The van der Waals surface area contributed by atoms with Gasteiger partial charge in [-0.05, 0) is 103 Å². The Morgan fingerprint density at radius 2 is 0.673 bits per heavy atom. The molecule has 0 saturated heterocycles. The van der Waals surface area contributed by atoms with Gasteiger partial charge in [-0.15, -0.1) is 24.7 Å². The summed E-state index contributed by atoms with van der Waals surface area (Å²) in [5.41, 5.74) is 11.9. The van der Waals surface area contributed by atoms with Crippen LogP contribution in [0.1, 0.15) is 195 Å². The minimum absolute atomic E-state index is 0.00363. The highest BCUT2D eigenvalue weighted by atomic mass is 31.1. The second kappa shape index (κ2) is 15.8. The maximum absolute atomic E-state index is 5.83. The molecule has 3 rings (SSSR count). The van der Waals surface area contributed by atoms with Crippen molar-refractivity contribution in [1.82, 2.24) is 0 Å². The fourth-order valence-electron chi connectivity index (χ4n) is 6.91. The van der Waals surface area contributed by atoms with Crippen LogP contribution >= 0.6 is 16.4 Å². The lowest BCUT2D eigenvalue weighted by atomic mass is 9.75. The molecule has 52 heavy (non-hydrogen) atoms. The van der Waals surface area contributed by atoms with Gasteiger partial charge in [-0.25, -0.2) is 0 Å². The van der Waals surface area contributed by atoms with Crippen LogP contribution in [0.3, 0.4) is 0 Å². The molecule has 0 aliphatic rings. The van der Waals surface area contributed by atoms with Crippen LogP contribution in [-0.4, -0.2) is 0 Å². The highest BCUT2D eigenvalue weighted by Gasteiger charge is 2.31. The van der Waals surface area contributed by atoms with Gasteiger partial charge in [-0.1, -0.05) is 165 Å². The van der Waals surface area contributed by atoms with E-state index in [1.54, 1.807) is 0 Å². The second-order valence-corrected chi connectivity index (χ2v) is 23.6. The van der Waals surface area contributed by atoms with E-state index in [1.165, 1.54) is 81.4 Å². The molecule has 0 nitrogen and oxygen atoms in total. The molecule has 0 fully saturated rings. The summed E-state index contributed by atoms with van der Waals surface area (Å²) in [5.74, 6) is 5.86. The lowest BCUT2D eigenvalue weighted by molar-refractivity contribution is 0.553. The Kier molecular flexibility index (Phi) is 13.4. The average molecular weight is 735 g/mol. The van der Waals surface area contributed by atoms with Gasteiger partial charge in [0.05, 0.1) is 0 Å². The summed E-state index contributed by atoms with van der Waals surface area (Å²) in [4.78, 5) is 3.04. The number of hydrogen-bond acceptors (Lipinski definition) is 0. The Morgan fingerprint density at radius 3 is 0.865 bits per heavy atom. The maximum atomic E-state index is 5.83. The van der Waals surface area contributed by atoms with Crippen molar-refractivity contribution >= 4 is 27.0 Å². The predicted molar refractivity (Wildman–Crippen MR) is 237 cm³/mol. The molecule has 0 aliphatic heterocycles. The van der Waals surface area contributed by atoms with E-state index in [0.29, 0.717) is 0 Å². The van der Waals surface area contributed by atoms with E-state index in [2.05, 4.69) is 161 Å². The van der Waals surface area contributed by atoms with Crippen molar-refractivity contribution in [1.29, 1.82) is 0 Å². The normalized spacial score (nSPS) is 14.2. The minimum atomic E-state index is -0.00363. The van der Waals surface area contributed by atoms with Gasteiger partial charge < -0.3 is 0 Å². The molecule has 0 amide bonds. The quantitative estimate of drug-likeness (QED) is 0.123. The molecule has 3 aromatic rings. The summed E-state index contributed by atoms with van der Waals surface area (Å²) in [6.45, 7) is 42.8. The van der Waals surface area contributed by atoms with Crippen LogP contribution in [0.2, 0.25) is 0 Å². The number of hydrogen-bond donors (Lipinski definition) is 0. The summed E-state index contributed by atoms with van der Waals surface area (Å²) >= 11 is 0. The zero-order chi connectivity index (χ0) is 39.8. The number of benzene rings is 2. The maximum Gasteiger partial charge on any atom is 0.0180 e. The zero-order valence-electron chi connectivity index (χ0n) is 36.6. The third-order valence-corrected chi connectivity index (χ3v) is 13.3. The smallest absolute Gasteiger partial charge is 0.0180 e. The third kappa shape index (κ3) is 10.4. The summed E-state index contributed by atoms with van der Waals surface area (Å²) in [7, 11) is 2.63. The van der Waals surface area contributed by atoms with Crippen molar-refractivity contribution in [3.05, 3.63) is 78.7 Å². The first kappa shape index (κ1) is 44.0. The molecule has 0 radical (unpaired) electrons. The van der Waals surface area contributed by atoms with E-state index in [0.717, 1.165) is 38.5 Å². The Morgan fingerprint density at radius 1 is 0.423 bits per heavy atom. The van der Waals surface area contributed by atoms with Gasteiger partial charge in [0.2, 0.25) is 0 Å². The van der Waals surface area contributed by atoms with E-state index >= 15 is 0 Å². The van der Waals surface area contributed by atoms with Gasteiger partial charge in [-0.2, -0.15) is 0 Å². The van der Waals surface area contributed by atoms with E-state index in [-0.39, 0.29) is 32.5 Å². The van der Waals surface area contributed by atoms with Gasteiger partial charge in [0.1, 0.15) is 0 Å². The molecule has 0 saturated carbocycles. The summed E-state index contributed by atoms with van der Waals surface area (Å²) in [6.07, 6.45) is 17.3. The molecule has 0 aliphatic carbocycles. The Balaban J connectivity index is 2.73. The Bertz CT molecular complexity index is 1710. The number of unbranched alkanes of at least 4 members (excludes halogenated alkanes) is 2. The van der Waals surface area contributed by atoms with Crippen molar-refractivity contribution in [3.63, 3.8) is 0 Å². The van der Waals surface area contributed by atoms with E-state index in [9.17, 15) is 0 Å². The van der Waals surface area contributed by atoms with Crippen LogP contribution in [0.4, 0.5) is 0 Å². The topological polar surface area (TPSA) is 0 Å². The summed E-state index contributed by atoms with van der Waals surface area (Å²) in [5, 5.41) is 2.98. The van der Waals surface area contributed by atoms with Crippen LogP contribution in [0.5, 0.6) is 0 Å². The Labute approximate surface area is 324 Å². The lowest BCUT2D eigenvalue weighted by Gasteiger charge is -2.33. The molecule has 0 heterocycles. The van der Waals surface area contributed by atoms with Gasteiger partial charge in [0.15, 0.2) is 0 Å². The first-order valence-electron chi connectivity index (χ1n) is 19.7. The fourth-order valence-corrected chi connectivity index (χ4v) is 11.0. The van der Waals surface area contributed by atoms with Gasteiger partial charge in [-0.3, -0.25) is 0 Å². The molecular weight excluding hydrogens is 662 g/mol. The lowest BCUT2D eigenvalue weighted by Crippen LogP contribution is -2.30. The van der Waals surface area contributed by atoms with Crippen LogP contribution in [0.25, 0.3) is 0 Å². The standard InChI is InChI=1S/C50H72P2/c1-21-23-25-27-35-36(28-26-24-22-2)42(52-44-39(49(15,16)17)31-34(46(6,7)8)32-40(44)50(18,19)20)41(35)51-43-37(47(9,10)11)29-33(45(3,4)5)30-38(43)48(12,13)14/h1-2,29-32H,23-28H2,3-20H3. The van der Waals surface area contributed by atoms with E-state index in [1.807, 2.05) is 0 Å². The minimum Gasteiger partial charge on any atom is -0.120 e. The molecule has 0 atom stereocenters. The number of rotatable bonds is 8. The van der Waals surface area contributed by atoms with Crippen molar-refractivity contribution in [2.45, 2.75) is 196 Å². The molecule has 0 spiro atoms. The highest BCUT2D eigenvalue weighted by Crippen LogP contribution is 2.41.